The molecule has 2 rings (SSSR count). The molecule has 0 unspecified atom stereocenters. The summed E-state index contributed by atoms with van der Waals surface area (Å²) in [5.74, 6) is -3.64. The van der Waals surface area contributed by atoms with Gasteiger partial charge in [-0.05, 0) is 12.1 Å². The van der Waals surface area contributed by atoms with E-state index in [1.807, 2.05) is 0 Å². The molecule has 0 spiro atoms. The minimum atomic E-state index is -1.83. The predicted octanol–water partition coefficient (Wildman–Crippen LogP) is -1.00. The number of hydrogen-bond donors (Lipinski definition) is 3. The van der Waals surface area contributed by atoms with E-state index >= 15 is 0 Å². The zero-order chi connectivity index (χ0) is 17.5. The van der Waals surface area contributed by atoms with E-state index in [1.165, 1.54) is 0 Å². The number of aromatic amines is 1. The third-order valence-electron chi connectivity index (χ3n) is 2.76. The number of aromatic nitrogens is 2. The summed E-state index contributed by atoms with van der Waals surface area (Å²) in [5.41, 5.74) is -4.99. The largest absolute Gasteiger partial charge is 1.00 e. The fourth-order valence-corrected chi connectivity index (χ4v) is 2.48. The van der Waals surface area contributed by atoms with Gasteiger partial charge in [0.15, 0.2) is 11.3 Å². The van der Waals surface area contributed by atoms with Crippen molar-refractivity contribution in [3.8, 4) is 5.69 Å². The molecule has 0 atom stereocenters. The molecule has 24 heavy (non-hydrogen) atoms. The Balaban J connectivity index is 0.00000288. The quantitative estimate of drug-likeness (QED) is 0.432. The van der Waals surface area contributed by atoms with Gasteiger partial charge in [-0.25, -0.2) is 14.4 Å². The summed E-state index contributed by atoms with van der Waals surface area (Å²) in [6.45, 7) is 0. The standard InChI is InChI=1S/C12H5Cl3N2O6.K.H/c13-3-1-5(15)6(2-4(3)14)17-8(11(21)22)7(10(19)20)9(18)16-12(17)23;;/h1-2H,(H,19,20)(H,21,22)(H,16,18,23);;/q;+1;-1. The number of carboxylic acids is 2. The molecule has 1 aromatic carbocycles. The molecule has 0 fully saturated rings. The monoisotopic (exact) mass is 418 g/mol. The third kappa shape index (κ3) is 3.94. The number of rotatable bonds is 3. The number of nitrogens with one attached hydrogen (secondary N) is 1. The van der Waals surface area contributed by atoms with Gasteiger partial charge >= 0.3 is 69.0 Å². The Hall–Kier alpha value is -0.654. The van der Waals surface area contributed by atoms with Crippen LogP contribution in [0.25, 0.3) is 5.69 Å². The molecule has 3 N–H and O–H groups in total. The van der Waals surface area contributed by atoms with Gasteiger partial charge in [-0.1, -0.05) is 34.8 Å². The van der Waals surface area contributed by atoms with Gasteiger partial charge in [-0.2, -0.15) is 0 Å². The summed E-state index contributed by atoms with van der Waals surface area (Å²) in [6.07, 6.45) is 0. The van der Waals surface area contributed by atoms with Gasteiger partial charge in [0.2, 0.25) is 0 Å². The van der Waals surface area contributed by atoms with E-state index in [4.69, 9.17) is 39.9 Å². The van der Waals surface area contributed by atoms with Gasteiger partial charge < -0.3 is 11.6 Å². The summed E-state index contributed by atoms with van der Waals surface area (Å²) in [7, 11) is 0. The summed E-state index contributed by atoms with van der Waals surface area (Å²) < 4.78 is 0.428. The molecule has 0 saturated heterocycles. The average molecular weight is 420 g/mol. The van der Waals surface area contributed by atoms with Crippen LogP contribution in [0.2, 0.25) is 15.1 Å². The molecule has 0 amide bonds. The van der Waals surface area contributed by atoms with Crippen molar-refractivity contribution in [2.75, 3.05) is 0 Å². The number of hydrogen-bond acceptors (Lipinski definition) is 4. The predicted molar refractivity (Wildman–Crippen MR) is 82.7 cm³/mol. The van der Waals surface area contributed by atoms with Crippen molar-refractivity contribution in [2.24, 2.45) is 0 Å². The number of carboxylic acid groups (broad SMARTS) is 2. The first-order valence-electron chi connectivity index (χ1n) is 5.66. The van der Waals surface area contributed by atoms with E-state index in [-0.39, 0.29) is 73.6 Å². The molecule has 0 aliphatic rings. The zero-order valence-corrected chi connectivity index (χ0v) is 17.2. The molecular formula is C12H6Cl3KN2O6. The summed E-state index contributed by atoms with van der Waals surface area (Å²) in [5, 5.41) is 18.1. The fraction of sp³-hybridized carbons (Fsp3) is 0. The van der Waals surface area contributed by atoms with Crippen LogP contribution >= 0.6 is 34.8 Å². The second-order valence-corrected chi connectivity index (χ2v) is 5.37. The normalized spacial score (nSPS) is 10.1. The number of H-pyrrole nitrogens is 1. The van der Waals surface area contributed by atoms with Crippen LogP contribution in [0, 0.1) is 0 Å². The maximum Gasteiger partial charge on any atom is 1.00 e. The Bertz CT molecular complexity index is 975. The smallest absolute Gasteiger partial charge is 1.00 e. The van der Waals surface area contributed by atoms with E-state index in [2.05, 4.69) is 0 Å². The van der Waals surface area contributed by atoms with Crippen molar-refractivity contribution in [3.63, 3.8) is 0 Å². The average Bonchev–Trinajstić information content (AvgIpc) is 2.42. The van der Waals surface area contributed by atoms with Crippen LogP contribution in [0.4, 0.5) is 0 Å². The minimum Gasteiger partial charge on any atom is -1.00 e. The Labute approximate surface area is 191 Å². The second-order valence-electron chi connectivity index (χ2n) is 4.15. The summed E-state index contributed by atoms with van der Waals surface area (Å²) in [6, 6.07) is 2.22. The van der Waals surface area contributed by atoms with E-state index in [0.29, 0.717) is 4.57 Å². The van der Waals surface area contributed by atoms with E-state index in [9.17, 15) is 24.3 Å². The maximum absolute atomic E-state index is 12.0. The van der Waals surface area contributed by atoms with Crippen LogP contribution in [-0.4, -0.2) is 31.7 Å². The summed E-state index contributed by atoms with van der Waals surface area (Å²) in [4.78, 5) is 47.9. The molecule has 0 bridgehead atoms. The first-order chi connectivity index (χ1) is 10.6. The van der Waals surface area contributed by atoms with Crippen LogP contribution in [0.3, 0.4) is 0 Å². The third-order valence-corrected chi connectivity index (χ3v) is 3.78. The van der Waals surface area contributed by atoms with E-state index in [1.54, 1.807) is 4.98 Å². The van der Waals surface area contributed by atoms with Crippen molar-refractivity contribution in [1.82, 2.24) is 9.55 Å². The van der Waals surface area contributed by atoms with Crippen molar-refractivity contribution in [2.45, 2.75) is 0 Å². The molecule has 0 saturated carbocycles. The van der Waals surface area contributed by atoms with E-state index in [0.717, 1.165) is 12.1 Å². The number of aromatic carboxylic acids is 2. The molecule has 1 aromatic heterocycles. The zero-order valence-electron chi connectivity index (χ0n) is 12.8. The topological polar surface area (TPSA) is 129 Å². The number of benzene rings is 1. The molecule has 122 valence electrons. The molecule has 0 radical (unpaired) electrons. The summed E-state index contributed by atoms with van der Waals surface area (Å²) >= 11 is 17.5. The van der Waals surface area contributed by atoms with E-state index < -0.39 is 34.4 Å². The Morgan fingerprint density at radius 1 is 1.00 bits per heavy atom. The minimum absolute atomic E-state index is 0. The van der Waals surface area contributed by atoms with Crippen molar-refractivity contribution >= 4 is 46.7 Å². The van der Waals surface area contributed by atoms with Crippen LogP contribution < -0.4 is 62.6 Å². The molecule has 0 aliphatic carbocycles. The van der Waals surface area contributed by atoms with Gasteiger partial charge in [0, 0.05) is 0 Å². The van der Waals surface area contributed by atoms with Gasteiger partial charge in [0.1, 0.15) is 0 Å². The van der Waals surface area contributed by atoms with Gasteiger partial charge in [-0.3, -0.25) is 14.3 Å². The molecule has 2 aromatic rings. The Kier molecular flexibility index (Phi) is 7.26. The number of nitrogens with zero attached hydrogens (tertiary/aromatic N) is 1. The van der Waals surface area contributed by atoms with Crippen LogP contribution in [0.15, 0.2) is 21.7 Å². The van der Waals surface area contributed by atoms with Crippen LogP contribution in [0.1, 0.15) is 22.3 Å². The Morgan fingerprint density at radius 3 is 2.04 bits per heavy atom. The van der Waals surface area contributed by atoms with Crippen molar-refractivity contribution < 1.29 is 72.6 Å². The molecule has 0 aliphatic heterocycles. The van der Waals surface area contributed by atoms with Crippen molar-refractivity contribution in [3.05, 3.63) is 59.3 Å². The Morgan fingerprint density at radius 2 is 1.54 bits per heavy atom. The van der Waals surface area contributed by atoms with Crippen LogP contribution in [-0.2, 0) is 0 Å². The molecule has 1 heterocycles. The molecule has 12 heteroatoms. The molecular weight excluding hydrogens is 414 g/mol. The second kappa shape index (κ2) is 8.15. The van der Waals surface area contributed by atoms with Crippen LogP contribution in [0.5, 0.6) is 0 Å². The SMILES string of the molecule is O=C(O)c1c(C(=O)O)n(-c2cc(Cl)c(Cl)cc2Cl)c(=O)[nH]c1=O.[H-].[K+]. The maximum atomic E-state index is 12.0. The van der Waals surface area contributed by atoms with Gasteiger partial charge in [-0.15, -0.1) is 0 Å². The number of carbonyl (C=O) groups is 2. The fourth-order valence-electron chi connectivity index (χ4n) is 1.85. The number of halogens is 3. The molecule has 8 nitrogen and oxygen atoms in total. The first-order valence-corrected chi connectivity index (χ1v) is 6.79. The van der Waals surface area contributed by atoms with Gasteiger partial charge in [0.25, 0.3) is 5.56 Å². The van der Waals surface area contributed by atoms with Crippen molar-refractivity contribution in [1.29, 1.82) is 0 Å². The van der Waals surface area contributed by atoms with Gasteiger partial charge in [0.05, 0.1) is 20.8 Å². The first kappa shape index (κ1) is 21.4.